The molecule has 0 N–H and O–H groups in total. The van der Waals surface area contributed by atoms with Crippen LogP contribution in [-0.4, -0.2) is 5.97 Å². The molecular weight excluding hydrogens is 388 g/mol. The summed E-state index contributed by atoms with van der Waals surface area (Å²) in [7, 11) is 0. The monoisotopic (exact) mass is 398 g/mol. The van der Waals surface area contributed by atoms with Crippen LogP contribution >= 0.6 is 15.9 Å². The van der Waals surface area contributed by atoms with Crippen molar-refractivity contribution < 1.29 is 18.4 Å². The highest BCUT2D eigenvalue weighted by Gasteiger charge is 2.16. The van der Waals surface area contributed by atoms with E-state index in [0.29, 0.717) is 11.2 Å². The van der Waals surface area contributed by atoms with E-state index in [4.69, 9.17) is 13.6 Å². The number of ether oxygens (including phenoxy) is 1. The first-order valence-corrected chi connectivity index (χ1v) is 8.25. The molecule has 0 aliphatic heterocycles. The van der Waals surface area contributed by atoms with E-state index in [0.717, 1.165) is 20.8 Å². The number of hydrogen-bond donors (Lipinski definition) is 0. The Hall–Kier alpha value is -2.86. The highest BCUT2D eigenvalue weighted by Crippen LogP contribution is 2.26. The maximum absolute atomic E-state index is 12.3. The third kappa shape index (κ3) is 2.96. The second-order valence-corrected chi connectivity index (χ2v) is 6.50. The van der Waals surface area contributed by atoms with Crippen LogP contribution in [-0.2, 0) is 0 Å². The van der Waals surface area contributed by atoms with Crippen LogP contribution in [0.3, 0.4) is 0 Å². The first kappa shape index (κ1) is 15.7. The Labute approximate surface area is 149 Å². The molecular formula is C19H11BrO5. The average Bonchev–Trinajstić information content (AvgIpc) is 2.97. The van der Waals surface area contributed by atoms with Gasteiger partial charge in [0.1, 0.15) is 16.9 Å². The fraction of sp³-hybridized carbons (Fsp3) is 0.0526. The van der Waals surface area contributed by atoms with E-state index in [2.05, 4.69) is 15.9 Å². The molecule has 0 atom stereocenters. The fourth-order valence-electron chi connectivity index (χ4n) is 2.64. The van der Waals surface area contributed by atoms with Crippen molar-refractivity contribution in [2.45, 2.75) is 6.92 Å². The van der Waals surface area contributed by atoms with Gasteiger partial charge in [0.25, 0.3) is 0 Å². The first-order chi connectivity index (χ1) is 12.0. The van der Waals surface area contributed by atoms with E-state index >= 15 is 0 Å². The predicted octanol–water partition coefficient (Wildman–Crippen LogP) is 4.83. The average molecular weight is 399 g/mol. The van der Waals surface area contributed by atoms with Crippen LogP contribution in [0.4, 0.5) is 0 Å². The van der Waals surface area contributed by atoms with Gasteiger partial charge in [0.05, 0.1) is 0 Å². The Morgan fingerprint density at radius 3 is 2.68 bits per heavy atom. The first-order valence-electron chi connectivity index (χ1n) is 7.45. The summed E-state index contributed by atoms with van der Waals surface area (Å²) in [5.74, 6) is -0.256. The molecule has 0 saturated heterocycles. The zero-order valence-corrected chi connectivity index (χ0v) is 14.6. The summed E-state index contributed by atoms with van der Waals surface area (Å²) >= 11 is 3.37. The molecule has 0 unspecified atom stereocenters. The highest BCUT2D eigenvalue weighted by molar-refractivity contribution is 9.10. The lowest BCUT2D eigenvalue weighted by Gasteiger charge is -2.04. The van der Waals surface area contributed by atoms with Crippen molar-refractivity contribution in [2.75, 3.05) is 0 Å². The van der Waals surface area contributed by atoms with Crippen LogP contribution < -0.4 is 10.4 Å². The molecule has 4 rings (SSSR count). The molecule has 0 bridgehead atoms. The van der Waals surface area contributed by atoms with Gasteiger partial charge in [-0.2, -0.15) is 0 Å². The minimum Gasteiger partial charge on any atom is -0.449 e. The number of fused-ring (bicyclic) bond motifs is 2. The lowest BCUT2D eigenvalue weighted by molar-refractivity contribution is 0.0704. The zero-order chi connectivity index (χ0) is 17.6. The number of esters is 1. The molecule has 0 spiro atoms. The lowest BCUT2D eigenvalue weighted by atomic mass is 10.1. The summed E-state index contributed by atoms with van der Waals surface area (Å²) in [5.41, 5.74) is 1.31. The Kier molecular flexibility index (Phi) is 3.69. The van der Waals surface area contributed by atoms with Crippen molar-refractivity contribution in [1.82, 2.24) is 0 Å². The van der Waals surface area contributed by atoms with Crippen LogP contribution in [0.2, 0.25) is 0 Å². The molecule has 124 valence electrons. The van der Waals surface area contributed by atoms with E-state index in [-0.39, 0.29) is 11.5 Å². The van der Waals surface area contributed by atoms with E-state index < -0.39 is 11.6 Å². The van der Waals surface area contributed by atoms with Gasteiger partial charge >= 0.3 is 11.6 Å². The molecule has 4 aromatic rings. The number of carbonyl (C=O) groups excluding carboxylic acids is 1. The maximum atomic E-state index is 12.3. The molecule has 0 saturated carbocycles. The molecule has 0 fully saturated rings. The Bertz CT molecular complexity index is 1190. The SMILES string of the molecule is Cc1cc(=O)oc2cc(OC(=O)c3cc4cc(Br)ccc4o3)ccc12. The van der Waals surface area contributed by atoms with Gasteiger partial charge in [0.15, 0.2) is 0 Å². The summed E-state index contributed by atoms with van der Waals surface area (Å²) < 4.78 is 16.9. The summed E-state index contributed by atoms with van der Waals surface area (Å²) in [4.78, 5) is 23.8. The molecule has 5 nitrogen and oxygen atoms in total. The Balaban J connectivity index is 1.67. The smallest absolute Gasteiger partial charge is 0.379 e. The van der Waals surface area contributed by atoms with Crippen molar-refractivity contribution in [3.8, 4) is 5.75 Å². The number of furan rings is 1. The number of halogens is 1. The molecule has 0 amide bonds. The zero-order valence-electron chi connectivity index (χ0n) is 13.0. The molecule has 2 aromatic heterocycles. The molecule has 25 heavy (non-hydrogen) atoms. The van der Waals surface area contributed by atoms with Crippen LogP contribution in [0.5, 0.6) is 5.75 Å². The number of rotatable bonds is 2. The van der Waals surface area contributed by atoms with E-state index in [9.17, 15) is 9.59 Å². The highest BCUT2D eigenvalue weighted by atomic mass is 79.9. The molecule has 6 heteroatoms. The van der Waals surface area contributed by atoms with Crippen LogP contribution in [0.15, 0.2) is 66.6 Å². The van der Waals surface area contributed by atoms with Crippen molar-refractivity contribution in [3.63, 3.8) is 0 Å². The van der Waals surface area contributed by atoms with Gasteiger partial charge in [0.2, 0.25) is 5.76 Å². The third-order valence-corrected chi connectivity index (χ3v) is 4.31. The second-order valence-electron chi connectivity index (χ2n) is 5.59. The number of hydrogen-bond acceptors (Lipinski definition) is 5. The molecule has 2 heterocycles. The molecule has 0 aliphatic carbocycles. The van der Waals surface area contributed by atoms with E-state index in [1.54, 1.807) is 24.3 Å². The second kappa shape index (κ2) is 5.89. The molecule has 0 radical (unpaired) electrons. The molecule has 0 aliphatic rings. The third-order valence-electron chi connectivity index (χ3n) is 3.81. The van der Waals surface area contributed by atoms with Crippen molar-refractivity contribution in [3.05, 3.63) is 74.7 Å². The number of carbonyl (C=O) groups is 1. The maximum Gasteiger partial charge on any atom is 0.379 e. The van der Waals surface area contributed by atoms with E-state index in [1.807, 2.05) is 19.1 Å². The van der Waals surface area contributed by atoms with Gasteiger partial charge in [-0.3, -0.25) is 0 Å². The van der Waals surface area contributed by atoms with Crippen LogP contribution in [0.25, 0.3) is 21.9 Å². The van der Waals surface area contributed by atoms with Gasteiger partial charge in [-0.25, -0.2) is 9.59 Å². The van der Waals surface area contributed by atoms with Crippen LogP contribution in [0, 0.1) is 6.92 Å². The largest absolute Gasteiger partial charge is 0.449 e. The summed E-state index contributed by atoms with van der Waals surface area (Å²) in [6, 6.07) is 13.4. The fourth-order valence-corrected chi connectivity index (χ4v) is 3.02. The van der Waals surface area contributed by atoms with Gasteiger partial charge in [-0.1, -0.05) is 15.9 Å². The number of aryl methyl sites for hydroxylation is 1. The van der Waals surface area contributed by atoms with Crippen molar-refractivity contribution in [2.24, 2.45) is 0 Å². The normalized spacial score (nSPS) is 11.1. The van der Waals surface area contributed by atoms with Crippen molar-refractivity contribution in [1.29, 1.82) is 0 Å². The molecule has 2 aromatic carbocycles. The minimum absolute atomic E-state index is 0.0962. The van der Waals surface area contributed by atoms with E-state index in [1.165, 1.54) is 12.1 Å². The van der Waals surface area contributed by atoms with Gasteiger partial charge in [0, 0.05) is 27.4 Å². The minimum atomic E-state index is -0.623. The van der Waals surface area contributed by atoms with Crippen molar-refractivity contribution >= 4 is 43.8 Å². The van der Waals surface area contributed by atoms with Gasteiger partial charge in [-0.05, 0) is 48.9 Å². The quantitative estimate of drug-likeness (QED) is 0.274. The standard InChI is InChI=1S/C19H11BrO5/c1-10-6-18(21)25-16-9-13(3-4-14(10)16)23-19(22)17-8-11-7-12(20)2-5-15(11)24-17/h2-9H,1H3. The van der Waals surface area contributed by atoms with Crippen LogP contribution in [0.1, 0.15) is 16.1 Å². The Morgan fingerprint density at radius 1 is 1.00 bits per heavy atom. The summed E-state index contributed by atoms with van der Waals surface area (Å²) in [6.45, 7) is 1.82. The topological polar surface area (TPSA) is 69.7 Å². The van der Waals surface area contributed by atoms with Gasteiger partial charge < -0.3 is 13.6 Å². The lowest BCUT2D eigenvalue weighted by Crippen LogP contribution is -2.07. The summed E-state index contributed by atoms with van der Waals surface area (Å²) in [6.07, 6.45) is 0. The Morgan fingerprint density at radius 2 is 1.84 bits per heavy atom. The predicted molar refractivity (Wildman–Crippen MR) is 96.1 cm³/mol. The number of benzene rings is 2. The summed E-state index contributed by atoms with van der Waals surface area (Å²) in [5, 5.41) is 1.58. The van der Waals surface area contributed by atoms with Gasteiger partial charge in [-0.15, -0.1) is 0 Å².